The van der Waals surface area contributed by atoms with Crippen molar-refractivity contribution in [1.82, 2.24) is 9.80 Å². The van der Waals surface area contributed by atoms with Gasteiger partial charge in [0.15, 0.2) is 0 Å². The van der Waals surface area contributed by atoms with Crippen LogP contribution < -0.4 is 0 Å². The number of amides is 2. The van der Waals surface area contributed by atoms with Crippen molar-refractivity contribution in [3.63, 3.8) is 0 Å². The van der Waals surface area contributed by atoms with Gasteiger partial charge in [0.05, 0.1) is 12.0 Å². The van der Waals surface area contributed by atoms with Crippen LogP contribution in [0, 0.1) is 0 Å². The summed E-state index contributed by atoms with van der Waals surface area (Å²) in [4.78, 5) is 32.7. The van der Waals surface area contributed by atoms with Gasteiger partial charge in [0.1, 0.15) is 6.54 Å². The molecule has 3 atom stereocenters. The Morgan fingerprint density at radius 1 is 1.00 bits per heavy atom. The molecule has 1 aromatic heterocycles. The Labute approximate surface area is 207 Å². The van der Waals surface area contributed by atoms with Gasteiger partial charge in [-0.2, -0.15) is 0 Å². The van der Waals surface area contributed by atoms with Gasteiger partial charge in [-0.15, -0.1) is 11.3 Å². The maximum Gasteiger partial charge on any atom is 0.243 e. The van der Waals surface area contributed by atoms with Gasteiger partial charge >= 0.3 is 0 Å². The first-order chi connectivity index (χ1) is 16.5. The number of carbonyl (C=O) groups excluding carboxylic acids is 2. The molecule has 4 rings (SSSR count). The lowest BCUT2D eigenvalue weighted by molar-refractivity contribution is -0.144. The number of rotatable bonds is 8. The van der Waals surface area contributed by atoms with Crippen molar-refractivity contribution >= 4 is 23.2 Å². The quantitative estimate of drug-likeness (QED) is 0.399. The molecule has 0 saturated carbocycles. The second kappa shape index (κ2) is 11.0. The summed E-state index contributed by atoms with van der Waals surface area (Å²) >= 11 is 1.77. The molecule has 0 spiro atoms. The highest BCUT2D eigenvalue weighted by atomic mass is 32.1. The number of hydrogen-bond donors (Lipinski definition) is 0. The number of benzene rings is 2. The molecule has 0 radical (unpaired) electrons. The molecule has 1 aliphatic heterocycles. The topological polar surface area (TPSA) is 40.6 Å². The van der Waals surface area contributed by atoms with Gasteiger partial charge in [-0.05, 0) is 54.3 Å². The van der Waals surface area contributed by atoms with Crippen LogP contribution in [0.1, 0.15) is 67.1 Å². The Morgan fingerprint density at radius 3 is 2.32 bits per heavy atom. The molecule has 178 valence electrons. The smallest absolute Gasteiger partial charge is 0.243 e. The highest BCUT2D eigenvalue weighted by Crippen LogP contribution is 2.38. The van der Waals surface area contributed by atoms with E-state index in [4.69, 9.17) is 0 Å². The third-order valence-corrected chi connectivity index (χ3v) is 8.02. The van der Waals surface area contributed by atoms with Crippen molar-refractivity contribution in [3.8, 4) is 0 Å². The van der Waals surface area contributed by atoms with Crippen molar-refractivity contribution in [2.24, 2.45) is 0 Å². The number of thiophene rings is 1. The third kappa shape index (κ3) is 4.95. The Kier molecular flexibility index (Phi) is 7.84. The first kappa shape index (κ1) is 24.2. The van der Waals surface area contributed by atoms with Crippen LogP contribution in [0.5, 0.6) is 0 Å². The molecular weight excluding hydrogens is 440 g/mol. The summed E-state index contributed by atoms with van der Waals surface area (Å²) in [6.07, 6.45) is 2.38. The lowest BCUT2D eigenvalue weighted by atomic mass is 9.92. The molecule has 1 aliphatic rings. The molecule has 0 N–H and O–H groups in total. The van der Waals surface area contributed by atoms with Crippen molar-refractivity contribution < 1.29 is 9.59 Å². The van der Waals surface area contributed by atoms with Gasteiger partial charge in [0, 0.05) is 17.5 Å². The van der Waals surface area contributed by atoms with Crippen LogP contribution in [0.4, 0.5) is 0 Å². The summed E-state index contributed by atoms with van der Waals surface area (Å²) < 4.78 is 0. The van der Waals surface area contributed by atoms with Crippen LogP contribution in [0.2, 0.25) is 0 Å². The maximum atomic E-state index is 13.8. The minimum atomic E-state index is -0.238. The van der Waals surface area contributed by atoms with E-state index >= 15 is 0 Å². The SMILES string of the molecule is CCC(C(=O)N(CC(=O)N1CCc2sccc2C1c1ccccc1)C(C)CC)c1ccccc1. The summed E-state index contributed by atoms with van der Waals surface area (Å²) in [5, 5.41) is 2.12. The number of hydrogen-bond acceptors (Lipinski definition) is 3. The summed E-state index contributed by atoms with van der Waals surface area (Å²) in [6, 6.07) is 22.2. The van der Waals surface area contributed by atoms with Gasteiger partial charge in [0.2, 0.25) is 11.8 Å². The van der Waals surface area contributed by atoms with E-state index in [1.54, 1.807) is 11.3 Å². The zero-order valence-electron chi connectivity index (χ0n) is 20.3. The van der Waals surface area contributed by atoms with E-state index in [0.29, 0.717) is 13.0 Å². The van der Waals surface area contributed by atoms with E-state index in [-0.39, 0.29) is 36.4 Å². The molecular formula is C29H34N2O2S. The van der Waals surface area contributed by atoms with Crippen molar-refractivity contribution in [3.05, 3.63) is 93.7 Å². The van der Waals surface area contributed by atoms with Gasteiger partial charge in [0.25, 0.3) is 0 Å². The molecule has 0 aliphatic carbocycles. The highest BCUT2D eigenvalue weighted by molar-refractivity contribution is 7.10. The zero-order valence-corrected chi connectivity index (χ0v) is 21.1. The molecule has 34 heavy (non-hydrogen) atoms. The van der Waals surface area contributed by atoms with E-state index in [9.17, 15) is 9.59 Å². The van der Waals surface area contributed by atoms with Gasteiger partial charge in [-0.1, -0.05) is 74.5 Å². The molecule has 3 unspecified atom stereocenters. The van der Waals surface area contributed by atoms with E-state index in [1.807, 2.05) is 72.2 Å². The fraction of sp³-hybridized carbons (Fsp3) is 0.379. The maximum absolute atomic E-state index is 13.8. The second-order valence-electron chi connectivity index (χ2n) is 9.04. The van der Waals surface area contributed by atoms with Crippen LogP contribution in [-0.4, -0.2) is 40.7 Å². The molecule has 2 heterocycles. The molecule has 2 amide bonds. The molecule has 0 bridgehead atoms. The normalized spacial score (nSPS) is 17.0. The van der Waals surface area contributed by atoms with Crippen molar-refractivity contribution in [2.75, 3.05) is 13.1 Å². The highest BCUT2D eigenvalue weighted by Gasteiger charge is 2.35. The van der Waals surface area contributed by atoms with Crippen molar-refractivity contribution in [2.45, 2.75) is 58.0 Å². The summed E-state index contributed by atoms with van der Waals surface area (Å²) in [5.74, 6) is -0.180. The first-order valence-electron chi connectivity index (χ1n) is 12.3. The monoisotopic (exact) mass is 474 g/mol. The molecule has 3 aromatic rings. The summed E-state index contributed by atoms with van der Waals surface area (Å²) in [7, 11) is 0. The van der Waals surface area contributed by atoms with E-state index < -0.39 is 0 Å². The Morgan fingerprint density at radius 2 is 1.68 bits per heavy atom. The van der Waals surface area contributed by atoms with Crippen molar-refractivity contribution in [1.29, 1.82) is 0 Å². The van der Waals surface area contributed by atoms with Crippen LogP contribution >= 0.6 is 11.3 Å². The predicted octanol–water partition coefficient (Wildman–Crippen LogP) is 6.04. The molecule has 4 nitrogen and oxygen atoms in total. The van der Waals surface area contributed by atoms with Crippen LogP contribution in [-0.2, 0) is 16.0 Å². The fourth-order valence-electron chi connectivity index (χ4n) is 4.93. The predicted molar refractivity (Wildman–Crippen MR) is 139 cm³/mol. The van der Waals surface area contributed by atoms with E-state index in [1.165, 1.54) is 10.4 Å². The average molecular weight is 475 g/mol. The Balaban J connectivity index is 1.62. The number of nitrogens with zero attached hydrogens (tertiary/aromatic N) is 2. The van der Waals surface area contributed by atoms with Gasteiger partial charge in [-0.3, -0.25) is 9.59 Å². The summed E-state index contributed by atoms with van der Waals surface area (Å²) in [6.45, 7) is 6.94. The Bertz CT molecular complexity index is 1100. The van der Waals surface area contributed by atoms with E-state index in [0.717, 1.165) is 24.0 Å². The van der Waals surface area contributed by atoms with Crippen LogP contribution in [0.3, 0.4) is 0 Å². The van der Waals surface area contributed by atoms with Crippen LogP contribution in [0.15, 0.2) is 72.1 Å². The molecule has 5 heteroatoms. The molecule has 2 aromatic carbocycles. The lowest BCUT2D eigenvalue weighted by Crippen LogP contribution is -2.50. The number of carbonyl (C=O) groups is 2. The minimum absolute atomic E-state index is 0.00844. The zero-order chi connectivity index (χ0) is 24.1. The average Bonchev–Trinajstić information content (AvgIpc) is 3.36. The first-order valence-corrected chi connectivity index (χ1v) is 13.2. The minimum Gasteiger partial charge on any atom is -0.330 e. The molecule has 0 fully saturated rings. The summed E-state index contributed by atoms with van der Waals surface area (Å²) in [5.41, 5.74) is 3.35. The molecule has 0 saturated heterocycles. The van der Waals surface area contributed by atoms with Crippen LogP contribution in [0.25, 0.3) is 0 Å². The second-order valence-corrected chi connectivity index (χ2v) is 10.0. The van der Waals surface area contributed by atoms with E-state index in [2.05, 4.69) is 30.5 Å². The lowest BCUT2D eigenvalue weighted by Gasteiger charge is -2.39. The number of fused-ring (bicyclic) bond motifs is 1. The van der Waals surface area contributed by atoms with Gasteiger partial charge < -0.3 is 9.80 Å². The van der Waals surface area contributed by atoms with Gasteiger partial charge in [-0.25, -0.2) is 0 Å². The largest absolute Gasteiger partial charge is 0.330 e. The fourth-order valence-corrected chi connectivity index (χ4v) is 5.83. The third-order valence-electron chi connectivity index (χ3n) is 7.02. The standard InChI is InChI=1S/C29H34N2O2S/c1-4-21(3)31(29(33)24(5-2)22-12-8-6-9-13-22)20-27(32)30-18-16-26-25(17-19-34-26)28(30)23-14-10-7-11-15-23/h6-15,17,19,21,24,28H,4-5,16,18,20H2,1-3H3. The Hall–Kier alpha value is -2.92.